The van der Waals surface area contributed by atoms with E-state index in [0.29, 0.717) is 0 Å². The summed E-state index contributed by atoms with van der Waals surface area (Å²) in [5, 5.41) is 10.7. The number of carbonyl (C=O) groups excluding carboxylic acids is 1. The molecule has 2 unspecified atom stereocenters. The lowest BCUT2D eigenvalue weighted by Crippen LogP contribution is -2.36. The Labute approximate surface area is 130 Å². The number of carboxylic acid groups (broad SMARTS) is 1. The third-order valence-corrected chi connectivity index (χ3v) is 3.14. The number of rotatable bonds is 7. The number of benzene rings is 1. The fraction of sp³-hybridized carbons (Fsp3) is 0.385. The molecular weight excluding hydrogens is 377 g/mol. The van der Waals surface area contributed by atoms with Crippen LogP contribution in [0.25, 0.3) is 0 Å². The monoisotopic (exact) mass is 393 g/mol. The van der Waals surface area contributed by atoms with E-state index in [4.69, 9.17) is 14.6 Å². The Morgan fingerprint density at radius 3 is 2.60 bits per heavy atom. The van der Waals surface area contributed by atoms with Gasteiger partial charge in [0, 0.05) is 0 Å². The predicted molar refractivity (Wildman–Crippen MR) is 80.6 cm³/mol. The molecule has 6 nitrogen and oxygen atoms in total. The minimum atomic E-state index is -1.13. The van der Waals surface area contributed by atoms with Crippen LogP contribution in [0.15, 0.2) is 30.3 Å². The van der Waals surface area contributed by atoms with Gasteiger partial charge in [0.2, 0.25) is 4.11 Å². The fourth-order valence-electron chi connectivity index (χ4n) is 1.34. The summed E-state index contributed by atoms with van der Waals surface area (Å²) in [6.07, 6.45) is -1.13. The van der Waals surface area contributed by atoms with Gasteiger partial charge >= 0.3 is 12.1 Å². The van der Waals surface area contributed by atoms with E-state index in [9.17, 15) is 9.59 Å². The second-order valence-corrected chi connectivity index (χ2v) is 5.22. The molecule has 2 atom stereocenters. The Morgan fingerprint density at radius 2 is 2.00 bits per heavy atom. The summed E-state index contributed by atoms with van der Waals surface area (Å²) >= 11 is 1.81. The van der Waals surface area contributed by atoms with Gasteiger partial charge in [-0.05, 0) is 35.1 Å². The first-order valence-corrected chi connectivity index (χ1v) is 7.19. The van der Waals surface area contributed by atoms with Gasteiger partial charge in [-0.15, -0.1) is 0 Å². The summed E-state index contributed by atoms with van der Waals surface area (Å²) < 4.78 is 9.57. The first kappa shape index (κ1) is 16.7. The van der Waals surface area contributed by atoms with Crippen molar-refractivity contribution in [3.8, 4) is 0 Å². The molecule has 0 aliphatic heterocycles. The normalized spacial score (nSPS) is 13.3. The number of hydrogen-bond acceptors (Lipinski definition) is 4. The van der Waals surface area contributed by atoms with Crippen LogP contribution < -0.4 is 5.32 Å². The average Bonchev–Trinajstić information content (AvgIpc) is 2.42. The third-order valence-electron chi connectivity index (χ3n) is 2.27. The van der Waals surface area contributed by atoms with E-state index >= 15 is 0 Å². The zero-order valence-corrected chi connectivity index (χ0v) is 13.1. The van der Waals surface area contributed by atoms with E-state index in [1.807, 2.05) is 30.3 Å². The Hall–Kier alpha value is -1.35. The Kier molecular flexibility index (Phi) is 7.31. The molecule has 7 heteroatoms. The van der Waals surface area contributed by atoms with E-state index in [2.05, 4.69) is 5.32 Å². The van der Waals surface area contributed by atoms with Gasteiger partial charge in [-0.3, -0.25) is 0 Å². The van der Waals surface area contributed by atoms with Crippen molar-refractivity contribution >= 4 is 34.7 Å². The molecule has 1 amide bonds. The Balaban J connectivity index is 2.27. The Morgan fingerprint density at radius 1 is 1.35 bits per heavy atom. The molecule has 2 N–H and O–H groups in total. The second-order valence-electron chi connectivity index (χ2n) is 4.09. The molecule has 0 fully saturated rings. The fourth-order valence-corrected chi connectivity index (χ4v) is 1.73. The predicted octanol–water partition coefficient (Wildman–Crippen LogP) is 2.16. The van der Waals surface area contributed by atoms with Gasteiger partial charge in [0.1, 0.15) is 6.61 Å². The highest BCUT2D eigenvalue weighted by Gasteiger charge is 2.18. The van der Waals surface area contributed by atoms with Crippen molar-refractivity contribution in [1.82, 2.24) is 5.32 Å². The smallest absolute Gasteiger partial charge is 0.404 e. The SMILES string of the molecule is CC(COC(I)C(=O)OCc1ccccc1)NC(=O)O. The van der Waals surface area contributed by atoms with Gasteiger partial charge in [-0.25, -0.2) is 9.59 Å². The molecule has 110 valence electrons. The van der Waals surface area contributed by atoms with Crippen LogP contribution in [0, 0.1) is 0 Å². The summed E-state index contributed by atoms with van der Waals surface area (Å²) in [5.41, 5.74) is 0.894. The molecule has 0 aliphatic carbocycles. The number of halogens is 1. The van der Waals surface area contributed by atoms with Crippen LogP contribution in [-0.2, 0) is 20.9 Å². The molecule has 0 radical (unpaired) electrons. The molecule has 1 aromatic carbocycles. The number of amides is 1. The third kappa shape index (κ3) is 6.71. The average molecular weight is 393 g/mol. The van der Waals surface area contributed by atoms with Gasteiger partial charge in [-0.2, -0.15) is 0 Å². The van der Waals surface area contributed by atoms with Crippen LogP contribution in [0.4, 0.5) is 4.79 Å². The number of carbonyl (C=O) groups is 2. The van der Waals surface area contributed by atoms with E-state index in [1.54, 1.807) is 29.5 Å². The first-order chi connectivity index (χ1) is 9.49. The second kappa shape index (κ2) is 8.75. The van der Waals surface area contributed by atoms with Crippen LogP contribution in [0.3, 0.4) is 0 Å². The number of esters is 1. The summed E-state index contributed by atoms with van der Waals surface area (Å²) in [4.78, 5) is 22.0. The largest absolute Gasteiger partial charge is 0.465 e. The van der Waals surface area contributed by atoms with E-state index in [0.717, 1.165) is 5.56 Å². The van der Waals surface area contributed by atoms with Gasteiger partial charge in [0.05, 0.1) is 12.6 Å². The van der Waals surface area contributed by atoms with Gasteiger partial charge in [0.15, 0.2) is 0 Å². The van der Waals surface area contributed by atoms with Crippen molar-refractivity contribution in [2.45, 2.75) is 23.7 Å². The van der Waals surface area contributed by atoms with E-state index in [-0.39, 0.29) is 13.2 Å². The molecule has 20 heavy (non-hydrogen) atoms. The molecule has 1 rings (SSSR count). The lowest BCUT2D eigenvalue weighted by atomic mass is 10.2. The highest BCUT2D eigenvalue weighted by molar-refractivity contribution is 14.1. The van der Waals surface area contributed by atoms with Gasteiger partial charge in [-0.1, -0.05) is 30.3 Å². The minimum Gasteiger partial charge on any atom is -0.465 e. The summed E-state index contributed by atoms with van der Waals surface area (Å²) in [6, 6.07) is 8.92. The molecule has 0 bridgehead atoms. The standard InChI is InChI=1S/C13H16INO5/c1-9(15-13(17)18)7-19-11(14)12(16)20-8-10-5-3-2-4-6-10/h2-6,9,11,15H,7-8H2,1H3,(H,17,18). The quantitative estimate of drug-likeness (QED) is 0.422. The maximum atomic E-state index is 11.7. The van der Waals surface area contributed by atoms with Crippen molar-refractivity contribution in [2.75, 3.05) is 6.61 Å². The lowest BCUT2D eigenvalue weighted by Gasteiger charge is -2.15. The molecule has 0 heterocycles. The highest BCUT2D eigenvalue weighted by atomic mass is 127. The first-order valence-electron chi connectivity index (χ1n) is 5.94. The van der Waals surface area contributed by atoms with Gasteiger partial charge < -0.3 is 19.9 Å². The number of nitrogens with one attached hydrogen (secondary N) is 1. The maximum Gasteiger partial charge on any atom is 0.404 e. The van der Waals surface area contributed by atoms with Crippen molar-refractivity contribution in [1.29, 1.82) is 0 Å². The zero-order valence-electron chi connectivity index (χ0n) is 10.9. The summed E-state index contributed by atoms with van der Waals surface area (Å²) in [6.45, 7) is 1.93. The van der Waals surface area contributed by atoms with Crippen LogP contribution >= 0.6 is 22.6 Å². The number of ether oxygens (including phenoxy) is 2. The summed E-state index contributed by atoms with van der Waals surface area (Å²) in [5.74, 6) is -0.489. The van der Waals surface area contributed by atoms with E-state index < -0.39 is 22.2 Å². The molecule has 0 saturated heterocycles. The maximum absolute atomic E-state index is 11.7. The van der Waals surface area contributed by atoms with Crippen LogP contribution in [-0.4, -0.2) is 33.9 Å². The minimum absolute atomic E-state index is 0.0976. The molecule has 0 saturated carbocycles. The molecule has 0 spiro atoms. The molecule has 0 aliphatic rings. The van der Waals surface area contributed by atoms with E-state index in [1.165, 1.54) is 0 Å². The van der Waals surface area contributed by atoms with Crippen LogP contribution in [0.5, 0.6) is 0 Å². The molecule has 0 aromatic heterocycles. The van der Waals surface area contributed by atoms with Crippen molar-refractivity contribution in [3.05, 3.63) is 35.9 Å². The molecule has 1 aromatic rings. The topological polar surface area (TPSA) is 84.9 Å². The van der Waals surface area contributed by atoms with Crippen molar-refractivity contribution in [2.24, 2.45) is 0 Å². The number of hydrogen-bond donors (Lipinski definition) is 2. The van der Waals surface area contributed by atoms with Crippen LogP contribution in [0.2, 0.25) is 0 Å². The van der Waals surface area contributed by atoms with Crippen molar-refractivity contribution in [3.63, 3.8) is 0 Å². The van der Waals surface area contributed by atoms with Crippen molar-refractivity contribution < 1.29 is 24.2 Å². The number of alkyl halides is 1. The van der Waals surface area contributed by atoms with Gasteiger partial charge in [0.25, 0.3) is 0 Å². The summed E-state index contributed by atoms with van der Waals surface area (Å²) in [7, 11) is 0. The van der Waals surface area contributed by atoms with Crippen LogP contribution in [0.1, 0.15) is 12.5 Å². The highest BCUT2D eigenvalue weighted by Crippen LogP contribution is 2.09. The molecular formula is C13H16INO5. The lowest BCUT2D eigenvalue weighted by molar-refractivity contribution is -0.151. The Bertz CT molecular complexity index is 440. The zero-order chi connectivity index (χ0) is 15.0.